The Morgan fingerprint density at radius 3 is 2.62 bits per heavy atom. The lowest BCUT2D eigenvalue weighted by molar-refractivity contribution is -0.174. The third-order valence-corrected chi connectivity index (χ3v) is 6.28. The molecule has 0 bridgehead atoms. The minimum Gasteiger partial charge on any atom is -0.390 e. The average Bonchev–Trinajstić information content (AvgIpc) is 2.88. The molecule has 1 fully saturated rings. The summed E-state index contributed by atoms with van der Waals surface area (Å²) in [4.78, 5) is 10.5. The number of morpholine rings is 1. The number of nitrogens with two attached hydrogens (primary N) is 1. The molecule has 0 aromatic carbocycles. The van der Waals surface area contributed by atoms with Crippen LogP contribution < -0.4 is 26.6 Å². The summed E-state index contributed by atoms with van der Waals surface area (Å²) in [5.41, 5.74) is 7.16. The number of rotatable bonds is 10. The van der Waals surface area contributed by atoms with Gasteiger partial charge in [-0.25, -0.2) is 4.98 Å². The second-order valence-electron chi connectivity index (χ2n) is 9.06. The van der Waals surface area contributed by atoms with Crippen LogP contribution in [0.4, 0.5) is 38.1 Å². The maximum atomic E-state index is 14.3. The van der Waals surface area contributed by atoms with Crippen molar-refractivity contribution < 1.29 is 31.1 Å². The molecule has 14 heteroatoms. The molecule has 1 aromatic rings. The molecule has 0 aliphatic carbocycles. The van der Waals surface area contributed by atoms with Gasteiger partial charge < -0.3 is 31.3 Å². The van der Waals surface area contributed by atoms with Gasteiger partial charge in [0.2, 0.25) is 5.95 Å². The Kier molecular flexibility index (Phi) is 10.3. The first-order chi connectivity index (χ1) is 18.4. The lowest BCUT2D eigenvalue weighted by Gasteiger charge is -2.32. The summed E-state index contributed by atoms with van der Waals surface area (Å²) in [5.74, 6) is -1.71. The second kappa shape index (κ2) is 13.2. The van der Waals surface area contributed by atoms with Gasteiger partial charge in [-0.1, -0.05) is 13.5 Å². The van der Waals surface area contributed by atoms with Crippen molar-refractivity contribution in [1.82, 2.24) is 20.6 Å². The van der Waals surface area contributed by atoms with Crippen LogP contribution in [0.25, 0.3) is 5.57 Å². The second-order valence-corrected chi connectivity index (χ2v) is 9.06. The standard InChI is InChI=1S/C25H33F6N7O/c1-3-5-6-7-20(32)36-22(25(29,30)31)16(4-2)19-14-21(37-23(35-19)38-10-12-39-13-11-38)34-18-8-9-33-15-17(18)24(26,27)28/h5,8-9,14,17-18,20,33,36H,1,4,6-7,10-13,15,32H2,2H3,(H,34,35,37)/b22-16+. The molecule has 0 saturated carbocycles. The smallest absolute Gasteiger partial charge is 0.390 e. The molecule has 0 radical (unpaired) electrons. The van der Waals surface area contributed by atoms with Gasteiger partial charge in [0, 0.05) is 31.3 Å². The number of alkyl halides is 6. The van der Waals surface area contributed by atoms with Gasteiger partial charge in [0.1, 0.15) is 11.5 Å². The number of allylic oxidation sites excluding steroid dienone is 3. The van der Waals surface area contributed by atoms with Crippen molar-refractivity contribution in [2.24, 2.45) is 11.7 Å². The number of anilines is 2. The predicted octanol–water partition coefficient (Wildman–Crippen LogP) is 4.07. The van der Waals surface area contributed by atoms with Crippen molar-refractivity contribution in [1.29, 1.82) is 0 Å². The van der Waals surface area contributed by atoms with Gasteiger partial charge in [0.25, 0.3) is 0 Å². The van der Waals surface area contributed by atoms with Gasteiger partial charge in [0.15, 0.2) is 0 Å². The van der Waals surface area contributed by atoms with E-state index in [1.807, 2.05) is 0 Å². The van der Waals surface area contributed by atoms with Crippen LogP contribution in [0.3, 0.4) is 0 Å². The Morgan fingerprint density at radius 2 is 2.00 bits per heavy atom. The van der Waals surface area contributed by atoms with Gasteiger partial charge in [0.05, 0.1) is 37.0 Å². The zero-order valence-corrected chi connectivity index (χ0v) is 21.5. The molecule has 39 heavy (non-hydrogen) atoms. The van der Waals surface area contributed by atoms with Crippen molar-refractivity contribution in [3.05, 3.63) is 48.1 Å². The zero-order valence-electron chi connectivity index (χ0n) is 21.5. The van der Waals surface area contributed by atoms with Gasteiger partial charge in [-0.3, -0.25) is 0 Å². The van der Waals surface area contributed by atoms with E-state index in [-0.39, 0.29) is 42.4 Å². The molecule has 1 saturated heterocycles. The van der Waals surface area contributed by atoms with Crippen molar-refractivity contribution >= 4 is 17.3 Å². The molecule has 2 aliphatic rings. The maximum absolute atomic E-state index is 14.3. The molecule has 5 N–H and O–H groups in total. The van der Waals surface area contributed by atoms with Gasteiger partial charge in [-0.05, 0) is 37.6 Å². The maximum Gasteiger partial charge on any atom is 0.431 e. The highest BCUT2D eigenvalue weighted by Gasteiger charge is 2.45. The van der Waals surface area contributed by atoms with Crippen LogP contribution in [0, 0.1) is 5.92 Å². The highest BCUT2D eigenvalue weighted by atomic mass is 19.4. The number of aromatic nitrogens is 2. The van der Waals surface area contributed by atoms with Crippen LogP contribution in [0.15, 0.2) is 42.4 Å². The summed E-state index contributed by atoms with van der Waals surface area (Å²) in [5, 5.41) is 7.71. The highest BCUT2D eigenvalue weighted by Crippen LogP contribution is 2.35. The first-order valence-electron chi connectivity index (χ1n) is 12.6. The molecule has 3 rings (SSSR count). The SMILES string of the molecule is C=C=CCCC(N)N/C(=C(\CC)c1cc(NC2C=CNCC2C(F)(F)F)nc(N2CCOCC2)n1)C(F)(F)F. The van der Waals surface area contributed by atoms with E-state index in [0.29, 0.717) is 32.7 Å². The number of nitrogens with zero attached hydrogens (tertiary/aromatic N) is 3. The number of halogens is 6. The fourth-order valence-corrected chi connectivity index (χ4v) is 4.28. The molecule has 3 heterocycles. The van der Waals surface area contributed by atoms with Crippen LogP contribution >= 0.6 is 0 Å². The number of ether oxygens (including phenoxy) is 1. The van der Waals surface area contributed by atoms with Crippen LogP contribution in [0.1, 0.15) is 31.9 Å². The normalized spacial score (nSPS) is 21.4. The highest BCUT2D eigenvalue weighted by molar-refractivity contribution is 5.69. The van der Waals surface area contributed by atoms with Crippen molar-refractivity contribution in [2.75, 3.05) is 43.1 Å². The largest absolute Gasteiger partial charge is 0.431 e. The summed E-state index contributed by atoms with van der Waals surface area (Å²) in [6, 6.07) is 0.0537. The summed E-state index contributed by atoms with van der Waals surface area (Å²) in [6.45, 7) is 6.05. The molecule has 3 atom stereocenters. The summed E-state index contributed by atoms with van der Waals surface area (Å²) in [7, 11) is 0. The molecule has 2 aliphatic heterocycles. The molecule has 1 aromatic heterocycles. The average molecular weight is 562 g/mol. The molecular weight excluding hydrogens is 528 g/mol. The Hall–Kier alpha value is -3.22. The number of hydrogen-bond acceptors (Lipinski definition) is 8. The third kappa shape index (κ3) is 8.38. The van der Waals surface area contributed by atoms with E-state index >= 15 is 0 Å². The fraction of sp³-hybridized carbons (Fsp3) is 0.560. The van der Waals surface area contributed by atoms with Crippen molar-refractivity contribution in [2.45, 2.75) is 50.7 Å². The molecule has 3 unspecified atom stereocenters. The van der Waals surface area contributed by atoms with E-state index in [4.69, 9.17) is 10.5 Å². The van der Waals surface area contributed by atoms with E-state index < -0.39 is 36.2 Å². The summed E-state index contributed by atoms with van der Waals surface area (Å²) in [6.07, 6.45) is -5.58. The molecular formula is C25H33F6N7O. The zero-order chi connectivity index (χ0) is 28.6. The molecule has 216 valence electrons. The van der Waals surface area contributed by atoms with E-state index in [1.165, 1.54) is 25.3 Å². The van der Waals surface area contributed by atoms with Gasteiger partial charge >= 0.3 is 12.4 Å². The fourth-order valence-electron chi connectivity index (χ4n) is 4.28. The molecule has 0 spiro atoms. The van der Waals surface area contributed by atoms with Crippen molar-refractivity contribution in [3.63, 3.8) is 0 Å². The predicted molar refractivity (Wildman–Crippen MR) is 136 cm³/mol. The first kappa shape index (κ1) is 30.3. The van der Waals surface area contributed by atoms with E-state index in [9.17, 15) is 26.3 Å². The van der Waals surface area contributed by atoms with E-state index in [1.54, 1.807) is 11.0 Å². The van der Waals surface area contributed by atoms with Crippen LogP contribution in [0.5, 0.6) is 0 Å². The van der Waals surface area contributed by atoms with Crippen molar-refractivity contribution in [3.8, 4) is 0 Å². The Morgan fingerprint density at radius 1 is 1.28 bits per heavy atom. The van der Waals surface area contributed by atoms with E-state index in [0.717, 1.165) is 0 Å². The number of hydrogen-bond donors (Lipinski definition) is 4. The monoisotopic (exact) mass is 561 g/mol. The topological polar surface area (TPSA) is 100 Å². The third-order valence-electron chi connectivity index (χ3n) is 6.28. The van der Waals surface area contributed by atoms with Crippen LogP contribution in [0.2, 0.25) is 0 Å². The summed E-state index contributed by atoms with van der Waals surface area (Å²) >= 11 is 0. The minimum atomic E-state index is -4.80. The Bertz CT molecular complexity index is 1080. The Labute approximate surface area is 223 Å². The van der Waals surface area contributed by atoms with E-state index in [2.05, 4.69) is 38.2 Å². The van der Waals surface area contributed by atoms with Gasteiger partial charge in [-0.15, -0.1) is 5.73 Å². The lowest BCUT2D eigenvalue weighted by atomic mass is 9.96. The van der Waals surface area contributed by atoms with Crippen LogP contribution in [-0.4, -0.2) is 67.4 Å². The minimum absolute atomic E-state index is 0.0276. The summed E-state index contributed by atoms with van der Waals surface area (Å²) < 4.78 is 89.1. The lowest BCUT2D eigenvalue weighted by Crippen LogP contribution is -2.46. The Balaban J connectivity index is 2.07. The molecule has 8 nitrogen and oxygen atoms in total. The quantitative estimate of drug-likeness (QED) is 0.193. The first-order valence-corrected chi connectivity index (χ1v) is 12.6. The van der Waals surface area contributed by atoms with Crippen LogP contribution in [-0.2, 0) is 4.74 Å². The van der Waals surface area contributed by atoms with Gasteiger partial charge in [-0.2, -0.15) is 31.3 Å². The molecule has 0 amide bonds. The number of nitrogens with one attached hydrogen (secondary N) is 3.